The minimum atomic E-state index is -0.895. The average Bonchev–Trinajstić information content (AvgIpc) is 2.62. The van der Waals surface area contributed by atoms with E-state index in [9.17, 15) is 5.11 Å². The predicted molar refractivity (Wildman–Crippen MR) is 93.6 cm³/mol. The summed E-state index contributed by atoms with van der Waals surface area (Å²) in [7, 11) is 3.97. The molecule has 0 aliphatic carbocycles. The SMILES string of the molecule is CN(C)[C@@H]1CN(c2cccc(C#N)n2)CC[C@]1(O)c1ccccc1. The van der Waals surface area contributed by atoms with Crippen LogP contribution in [-0.2, 0) is 5.60 Å². The Morgan fingerprint density at radius 2 is 1.96 bits per heavy atom. The van der Waals surface area contributed by atoms with Gasteiger partial charge in [-0.3, -0.25) is 0 Å². The summed E-state index contributed by atoms with van der Waals surface area (Å²) in [5.74, 6) is 0.788. The van der Waals surface area contributed by atoms with E-state index in [-0.39, 0.29) is 6.04 Å². The Morgan fingerprint density at radius 1 is 1.21 bits per heavy atom. The first kappa shape index (κ1) is 16.4. The van der Waals surface area contributed by atoms with Gasteiger partial charge in [0, 0.05) is 13.1 Å². The van der Waals surface area contributed by atoms with Gasteiger partial charge < -0.3 is 14.9 Å². The quantitative estimate of drug-likeness (QED) is 0.936. The molecule has 1 N–H and O–H groups in total. The largest absolute Gasteiger partial charge is 0.383 e. The summed E-state index contributed by atoms with van der Waals surface area (Å²) in [5, 5.41) is 20.5. The van der Waals surface area contributed by atoms with Crippen LogP contribution in [0.4, 0.5) is 5.82 Å². The number of nitriles is 1. The third kappa shape index (κ3) is 2.99. The van der Waals surface area contributed by atoms with Crippen molar-refractivity contribution in [3.63, 3.8) is 0 Å². The molecule has 5 heteroatoms. The minimum Gasteiger partial charge on any atom is -0.383 e. The molecule has 1 saturated heterocycles. The Balaban J connectivity index is 1.90. The van der Waals surface area contributed by atoms with Crippen molar-refractivity contribution in [2.24, 2.45) is 0 Å². The van der Waals surface area contributed by atoms with E-state index >= 15 is 0 Å². The number of likely N-dealkylation sites (N-methyl/N-ethyl adjacent to an activating group) is 1. The van der Waals surface area contributed by atoms with Crippen LogP contribution in [-0.4, -0.2) is 48.2 Å². The molecular formula is C19H22N4O. The van der Waals surface area contributed by atoms with Crippen LogP contribution in [0.25, 0.3) is 0 Å². The lowest BCUT2D eigenvalue weighted by molar-refractivity contribution is -0.0527. The van der Waals surface area contributed by atoms with Gasteiger partial charge in [0.1, 0.15) is 23.2 Å². The van der Waals surface area contributed by atoms with E-state index in [0.717, 1.165) is 11.4 Å². The zero-order valence-electron chi connectivity index (χ0n) is 14.1. The van der Waals surface area contributed by atoms with Gasteiger partial charge in [0.2, 0.25) is 0 Å². The number of nitrogens with zero attached hydrogens (tertiary/aromatic N) is 4. The highest BCUT2D eigenvalue weighted by Crippen LogP contribution is 2.36. The zero-order chi connectivity index (χ0) is 17.2. The molecule has 0 bridgehead atoms. The van der Waals surface area contributed by atoms with E-state index in [1.807, 2.05) is 56.6 Å². The molecule has 0 spiro atoms. The smallest absolute Gasteiger partial charge is 0.142 e. The third-order valence-electron chi connectivity index (χ3n) is 4.78. The molecule has 0 radical (unpaired) electrons. The molecular weight excluding hydrogens is 300 g/mol. The highest BCUT2D eigenvalue weighted by atomic mass is 16.3. The number of aliphatic hydroxyl groups is 1. The monoisotopic (exact) mass is 322 g/mol. The van der Waals surface area contributed by atoms with Crippen LogP contribution < -0.4 is 4.90 Å². The number of piperidine rings is 1. The van der Waals surface area contributed by atoms with Crippen molar-refractivity contribution in [1.82, 2.24) is 9.88 Å². The van der Waals surface area contributed by atoms with Gasteiger partial charge in [-0.2, -0.15) is 5.26 Å². The summed E-state index contributed by atoms with van der Waals surface area (Å²) >= 11 is 0. The first-order valence-electron chi connectivity index (χ1n) is 8.11. The summed E-state index contributed by atoms with van der Waals surface area (Å²) in [6.45, 7) is 1.35. The zero-order valence-corrected chi connectivity index (χ0v) is 14.1. The van der Waals surface area contributed by atoms with Crippen LogP contribution >= 0.6 is 0 Å². The van der Waals surface area contributed by atoms with Crippen LogP contribution in [0, 0.1) is 11.3 Å². The lowest BCUT2D eigenvalue weighted by atomic mass is 9.80. The third-order valence-corrected chi connectivity index (χ3v) is 4.78. The van der Waals surface area contributed by atoms with Crippen LogP contribution in [0.5, 0.6) is 0 Å². The molecule has 2 heterocycles. The summed E-state index contributed by atoms with van der Waals surface area (Å²) in [6.07, 6.45) is 0.609. The molecule has 1 aliphatic rings. The van der Waals surface area contributed by atoms with Gasteiger partial charge in [-0.1, -0.05) is 36.4 Å². The molecule has 5 nitrogen and oxygen atoms in total. The maximum Gasteiger partial charge on any atom is 0.142 e. The Bertz CT molecular complexity index is 741. The fraction of sp³-hybridized carbons (Fsp3) is 0.368. The van der Waals surface area contributed by atoms with Crippen LogP contribution in [0.3, 0.4) is 0 Å². The molecule has 2 aromatic rings. The Morgan fingerprint density at radius 3 is 2.62 bits per heavy atom. The Hall–Kier alpha value is -2.42. The Labute approximate surface area is 142 Å². The summed E-state index contributed by atoms with van der Waals surface area (Å²) in [5.41, 5.74) is 0.466. The molecule has 0 unspecified atom stereocenters. The van der Waals surface area contributed by atoms with Gasteiger partial charge in [0.05, 0.1) is 6.04 Å². The Kier molecular flexibility index (Phi) is 4.52. The first-order chi connectivity index (χ1) is 11.5. The fourth-order valence-electron chi connectivity index (χ4n) is 3.45. The number of benzene rings is 1. The molecule has 0 amide bonds. The fourth-order valence-corrected chi connectivity index (χ4v) is 3.45. The van der Waals surface area contributed by atoms with Crippen molar-refractivity contribution in [1.29, 1.82) is 5.26 Å². The average molecular weight is 322 g/mol. The lowest BCUT2D eigenvalue weighted by Gasteiger charge is -2.48. The van der Waals surface area contributed by atoms with E-state index in [4.69, 9.17) is 5.26 Å². The highest BCUT2D eigenvalue weighted by molar-refractivity contribution is 5.43. The van der Waals surface area contributed by atoms with Gasteiger partial charge >= 0.3 is 0 Å². The molecule has 1 aromatic carbocycles. The summed E-state index contributed by atoms with van der Waals surface area (Å²) in [6, 6.07) is 17.4. The van der Waals surface area contributed by atoms with Crippen LogP contribution in [0.1, 0.15) is 17.7 Å². The molecule has 1 aromatic heterocycles. The number of aromatic nitrogens is 1. The molecule has 24 heavy (non-hydrogen) atoms. The number of pyridine rings is 1. The number of rotatable bonds is 3. The molecule has 2 atom stereocenters. The van der Waals surface area contributed by atoms with Gasteiger partial charge in [0.25, 0.3) is 0 Å². The maximum absolute atomic E-state index is 11.4. The van der Waals surface area contributed by atoms with E-state index in [2.05, 4.69) is 20.9 Å². The van der Waals surface area contributed by atoms with Gasteiger partial charge in [-0.15, -0.1) is 0 Å². The van der Waals surface area contributed by atoms with Crippen LogP contribution in [0.2, 0.25) is 0 Å². The van der Waals surface area contributed by atoms with Crippen molar-refractivity contribution < 1.29 is 5.11 Å². The molecule has 1 fully saturated rings. The lowest BCUT2D eigenvalue weighted by Crippen LogP contribution is -2.59. The van der Waals surface area contributed by atoms with Gasteiger partial charge in [-0.25, -0.2) is 4.98 Å². The number of hydrogen-bond donors (Lipinski definition) is 1. The molecule has 3 rings (SSSR count). The second-order valence-electron chi connectivity index (χ2n) is 6.46. The second kappa shape index (κ2) is 6.60. The van der Waals surface area contributed by atoms with Gasteiger partial charge in [-0.05, 0) is 38.2 Å². The van der Waals surface area contributed by atoms with Crippen molar-refractivity contribution in [2.75, 3.05) is 32.1 Å². The van der Waals surface area contributed by atoms with E-state index < -0.39 is 5.60 Å². The van der Waals surface area contributed by atoms with E-state index in [0.29, 0.717) is 25.2 Å². The van der Waals surface area contributed by atoms with Crippen molar-refractivity contribution in [3.05, 3.63) is 59.8 Å². The predicted octanol–water partition coefficient (Wildman–Crippen LogP) is 1.98. The molecule has 1 aliphatic heterocycles. The number of hydrogen-bond acceptors (Lipinski definition) is 5. The topological polar surface area (TPSA) is 63.4 Å². The minimum absolute atomic E-state index is 0.0683. The summed E-state index contributed by atoms with van der Waals surface area (Å²) < 4.78 is 0. The maximum atomic E-state index is 11.4. The first-order valence-corrected chi connectivity index (χ1v) is 8.11. The van der Waals surface area contributed by atoms with Crippen LogP contribution in [0.15, 0.2) is 48.5 Å². The highest BCUT2D eigenvalue weighted by Gasteiger charge is 2.44. The molecule has 0 saturated carbocycles. The van der Waals surface area contributed by atoms with E-state index in [1.54, 1.807) is 6.07 Å². The molecule has 124 valence electrons. The normalized spacial score (nSPS) is 24.0. The van der Waals surface area contributed by atoms with Crippen molar-refractivity contribution in [2.45, 2.75) is 18.1 Å². The summed E-state index contributed by atoms with van der Waals surface area (Å²) in [4.78, 5) is 8.60. The second-order valence-corrected chi connectivity index (χ2v) is 6.46. The number of anilines is 1. The standard InChI is InChI=1S/C19H22N4O/c1-22(2)17-14-23(18-10-6-9-16(13-20)21-18)12-11-19(17,24)15-7-4-3-5-8-15/h3-10,17,24H,11-12,14H2,1-2H3/t17-,19+/m1/s1. The van der Waals surface area contributed by atoms with Crippen molar-refractivity contribution in [3.8, 4) is 6.07 Å². The van der Waals surface area contributed by atoms with E-state index in [1.165, 1.54) is 0 Å². The van der Waals surface area contributed by atoms with Crippen molar-refractivity contribution >= 4 is 5.82 Å². The van der Waals surface area contributed by atoms with Gasteiger partial charge in [0.15, 0.2) is 0 Å².